The first kappa shape index (κ1) is 30.3. The van der Waals surface area contributed by atoms with Gasteiger partial charge in [0.05, 0.1) is 0 Å². The predicted molar refractivity (Wildman–Crippen MR) is 73.6 cm³/mol. The Labute approximate surface area is 177 Å². The van der Waals surface area contributed by atoms with E-state index in [1.165, 1.54) is 0 Å². The summed E-state index contributed by atoms with van der Waals surface area (Å²) >= 11 is 0. The third kappa shape index (κ3) is 4.13. The summed E-state index contributed by atoms with van der Waals surface area (Å²) in [5, 5.41) is 0. The zero-order valence-electron chi connectivity index (χ0n) is 15.9. The largest absolute Gasteiger partial charge is 0.460 e. The fraction of sp³-hybridized carbons (Fsp3) is 0.933. The van der Waals surface area contributed by atoms with Crippen molar-refractivity contribution in [3.8, 4) is 0 Å². The Morgan fingerprint density at radius 2 is 0.824 bits per heavy atom. The van der Waals surface area contributed by atoms with E-state index in [-0.39, 0.29) is 25.7 Å². The minimum atomic E-state index is -8.73. The Kier molecular flexibility index (Phi) is 7.53. The average Bonchev–Trinajstić information content (AvgIpc) is 2.66. The van der Waals surface area contributed by atoms with Crippen molar-refractivity contribution >= 4 is 5.97 Å². The van der Waals surface area contributed by atoms with Crippen LogP contribution in [-0.4, -0.2) is 59.7 Å². The van der Waals surface area contributed by atoms with E-state index >= 15 is 0 Å². The normalized spacial score (nSPS) is 18.7. The smallest absolute Gasteiger partial charge is 0.458 e. The number of hydrogen-bond donors (Lipinski definition) is 0. The molecule has 0 amide bonds. The highest BCUT2D eigenvalue weighted by Crippen LogP contribution is 2.64. The van der Waals surface area contributed by atoms with Crippen LogP contribution in [0.5, 0.6) is 0 Å². The van der Waals surface area contributed by atoms with Gasteiger partial charge in [-0.2, -0.15) is 74.6 Å². The summed E-state index contributed by atoms with van der Waals surface area (Å²) in [6, 6.07) is 0. The lowest BCUT2D eigenvalue weighted by molar-refractivity contribution is -0.460. The van der Waals surface area contributed by atoms with E-state index < -0.39 is 59.7 Å². The lowest BCUT2D eigenvalue weighted by atomic mass is 9.89. The van der Waals surface area contributed by atoms with E-state index in [9.17, 15) is 79.4 Å². The van der Waals surface area contributed by atoms with Gasteiger partial charge in [-0.15, -0.1) is 0 Å². The summed E-state index contributed by atoms with van der Waals surface area (Å²) in [4.78, 5) is 11.3. The molecular weight excluding hydrogens is 535 g/mol. The summed E-state index contributed by atoms with van der Waals surface area (Å²) in [6.07, 6.45) is -9.41. The highest BCUT2D eigenvalue weighted by atomic mass is 19.4. The molecule has 1 rings (SSSR count). The molecule has 19 heteroatoms. The third-order valence-electron chi connectivity index (χ3n) is 4.80. The Morgan fingerprint density at radius 3 is 1.18 bits per heavy atom. The van der Waals surface area contributed by atoms with Crippen molar-refractivity contribution in [2.45, 2.75) is 85.8 Å². The second-order valence-corrected chi connectivity index (χ2v) is 7.18. The summed E-state index contributed by atoms with van der Waals surface area (Å²) in [5.41, 5.74) is 0. The van der Waals surface area contributed by atoms with Gasteiger partial charge in [-0.25, -0.2) is 4.79 Å². The summed E-state index contributed by atoms with van der Waals surface area (Å²) in [5.74, 6) is -61.7. The van der Waals surface area contributed by atoms with Crippen molar-refractivity contribution in [2.24, 2.45) is 0 Å². The van der Waals surface area contributed by atoms with Crippen molar-refractivity contribution in [1.29, 1.82) is 0 Å². The van der Waals surface area contributed by atoms with Crippen LogP contribution in [0.4, 0.5) is 74.6 Å². The van der Waals surface area contributed by atoms with Gasteiger partial charge < -0.3 is 4.74 Å². The molecule has 1 aliphatic rings. The number of alkyl halides is 17. The van der Waals surface area contributed by atoms with Crippen LogP contribution in [0.25, 0.3) is 0 Å². The number of hydrogen-bond acceptors (Lipinski definition) is 2. The maximum absolute atomic E-state index is 13.7. The molecule has 0 unspecified atom stereocenters. The van der Waals surface area contributed by atoms with Crippen molar-refractivity contribution in [3.63, 3.8) is 0 Å². The lowest BCUT2D eigenvalue weighted by Gasteiger charge is -2.42. The third-order valence-corrected chi connectivity index (χ3v) is 4.80. The summed E-state index contributed by atoms with van der Waals surface area (Å²) < 4.78 is 227. The number of halogens is 17. The quantitative estimate of drug-likeness (QED) is 0.246. The van der Waals surface area contributed by atoms with E-state index in [0.29, 0.717) is 6.42 Å². The molecule has 1 aliphatic carbocycles. The number of rotatable bonds is 8. The molecule has 1 fully saturated rings. The second kappa shape index (κ2) is 8.44. The van der Waals surface area contributed by atoms with Gasteiger partial charge in [-0.1, -0.05) is 6.42 Å². The predicted octanol–water partition coefficient (Wildman–Crippen LogP) is 6.87. The first-order chi connectivity index (χ1) is 14.7. The van der Waals surface area contributed by atoms with Gasteiger partial charge in [0.2, 0.25) is 0 Å². The van der Waals surface area contributed by atoms with E-state index in [4.69, 9.17) is 0 Å². The number of ether oxygens (including phenoxy) is 1. The van der Waals surface area contributed by atoms with Gasteiger partial charge in [0.15, 0.2) is 0 Å². The molecule has 34 heavy (non-hydrogen) atoms. The van der Waals surface area contributed by atoms with Crippen LogP contribution in [-0.2, 0) is 9.53 Å². The van der Waals surface area contributed by atoms with E-state index in [1.54, 1.807) is 0 Å². The first-order valence-electron chi connectivity index (χ1n) is 8.67. The van der Waals surface area contributed by atoms with Gasteiger partial charge in [-0.3, -0.25) is 0 Å². The van der Waals surface area contributed by atoms with Crippen LogP contribution in [0, 0.1) is 0 Å². The topological polar surface area (TPSA) is 26.3 Å². The molecule has 0 aromatic carbocycles. The molecule has 0 saturated heterocycles. The van der Waals surface area contributed by atoms with Crippen molar-refractivity contribution in [3.05, 3.63) is 0 Å². The first-order valence-corrected chi connectivity index (χ1v) is 8.67. The molecule has 2 nitrogen and oxygen atoms in total. The summed E-state index contributed by atoms with van der Waals surface area (Å²) in [6.45, 7) is 0. The monoisotopic (exact) mass is 546 g/mol. The van der Waals surface area contributed by atoms with Crippen LogP contribution in [0.15, 0.2) is 0 Å². The van der Waals surface area contributed by atoms with E-state index in [1.807, 2.05) is 0 Å². The SMILES string of the molecule is O=C(OC1CCCCC1)C(F)(F)C(F)(F)C(F)(F)C(F)(F)C(F)(F)C(F)(F)C(F)(F)C(F)(F)F. The Hall–Kier alpha value is -1.72. The standard InChI is InChI=1S/C15H11F17O2/c16-8(17,7(33)34-6-4-2-1-3-5-6)9(18,19)10(20,21)11(22,23)12(24,25)13(26,27)14(28,29)15(30,31)32/h6H,1-5H2. The maximum Gasteiger partial charge on any atom is 0.460 e. The number of carbonyl (C=O) groups excluding carboxylic acids is 1. The van der Waals surface area contributed by atoms with Gasteiger partial charge in [0.1, 0.15) is 6.10 Å². The molecule has 0 heterocycles. The van der Waals surface area contributed by atoms with Crippen molar-refractivity contribution in [2.75, 3.05) is 0 Å². The van der Waals surface area contributed by atoms with E-state index in [2.05, 4.69) is 4.74 Å². The van der Waals surface area contributed by atoms with Gasteiger partial charge >= 0.3 is 53.6 Å². The van der Waals surface area contributed by atoms with E-state index in [0.717, 1.165) is 0 Å². The van der Waals surface area contributed by atoms with Crippen LogP contribution in [0.1, 0.15) is 32.1 Å². The fourth-order valence-corrected chi connectivity index (χ4v) is 2.70. The number of esters is 1. The molecule has 0 aromatic rings. The van der Waals surface area contributed by atoms with Crippen LogP contribution in [0.2, 0.25) is 0 Å². The highest BCUT2D eigenvalue weighted by molar-refractivity contribution is 5.79. The molecule has 202 valence electrons. The maximum atomic E-state index is 13.7. The molecule has 0 bridgehead atoms. The molecule has 0 aliphatic heterocycles. The molecule has 0 spiro atoms. The zero-order chi connectivity index (χ0) is 27.4. The number of carbonyl (C=O) groups is 1. The highest BCUT2D eigenvalue weighted by Gasteiger charge is 2.96. The van der Waals surface area contributed by atoms with Gasteiger partial charge in [0, 0.05) is 0 Å². The molecule has 0 aromatic heterocycles. The molecular formula is C15H11F17O2. The van der Waals surface area contributed by atoms with Crippen LogP contribution in [0.3, 0.4) is 0 Å². The van der Waals surface area contributed by atoms with Gasteiger partial charge in [0.25, 0.3) is 0 Å². The molecule has 1 saturated carbocycles. The van der Waals surface area contributed by atoms with Crippen LogP contribution >= 0.6 is 0 Å². The molecule has 0 radical (unpaired) electrons. The van der Waals surface area contributed by atoms with Crippen molar-refractivity contribution in [1.82, 2.24) is 0 Å². The Balaban J connectivity index is 3.48. The fourth-order valence-electron chi connectivity index (χ4n) is 2.70. The Morgan fingerprint density at radius 1 is 0.500 bits per heavy atom. The average molecular weight is 546 g/mol. The Bertz CT molecular complexity index is 749. The zero-order valence-corrected chi connectivity index (χ0v) is 15.9. The van der Waals surface area contributed by atoms with Crippen molar-refractivity contribution < 1.29 is 84.2 Å². The minimum absolute atomic E-state index is 0.128. The van der Waals surface area contributed by atoms with Crippen LogP contribution < -0.4 is 0 Å². The molecule has 0 N–H and O–H groups in total. The second-order valence-electron chi connectivity index (χ2n) is 7.18. The molecule has 0 atom stereocenters. The minimum Gasteiger partial charge on any atom is -0.458 e. The lowest BCUT2D eigenvalue weighted by Crippen LogP contribution is -2.75. The summed E-state index contributed by atoms with van der Waals surface area (Å²) in [7, 11) is 0. The van der Waals surface area contributed by atoms with Gasteiger partial charge in [-0.05, 0) is 25.7 Å².